The quantitative estimate of drug-likeness (QED) is 0.762. The summed E-state index contributed by atoms with van der Waals surface area (Å²) in [5.74, 6) is 0.435. The molecule has 1 aromatic carbocycles. The van der Waals surface area contributed by atoms with Gasteiger partial charge in [0, 0.05) is 13.2 Å². The second-order valence-electron chi connectivity index (χ2n) is 4.35. The molecule has 6 heteroatoms. The van der Waals surface area contributed by atoms with Crippen LogP contribution >= 0.6 is 0 Å². The molecule has 6 nitrogen and oxygen atoms in total. The van der Waals surface area contributed by atoms with E-state index in [4.69, 9.17) is 0 Å². The summed E-state index contributed by atoms with van der Waals surface area (Å²) in [7, 11) is 1.70. The molecule has 20 heavy (non-hydrogen) atoms. The van der Waals surface area contributed by atoms with Crippen LogP contribution in [0.4, 0.5) is 5.82 Å². The van der Waals surface area contributed by atoms with Crippen LogP contribution in [-0.4, -0.2) is 26.6 Å². The van der Waals surface area contributed by atoms with E-state index >= 15 is 0 Å². The number of rotatable bonds is 2. The van der Waals surface area contributed by atoms with Gasteiger partial charge in [0.15, 0.2) is 11.5 Å². The Bertz CT molecular complexity index is 826. The summed E-state index contributed by atoms with van der Waals surface area (Å²) < 4.78 is 1.47. The smallest absolute Gasteiger partial charge is 0.355 e. The van der Waals surface area contributed by atoms with Gasteiger partial charge in [0.05, 0.1) is 11.4 Å². The number of aromatic nitrogens is 4. The summed E-state index contributed by atoms with van der Waals surface area (Å²) >= 11 is 0. The summed E-state index contributed by atoms with van der Waals surface area (Å²) in [5, 5.41) is 2.88. The van der Waals surface area contributed by atoms with Crippen molar-refractivity contribution in [2.45, 2.75) is 6.92 Å². The highest BCUT2D eigenvalue weighted by molar-refractivity contribution is 5.83. The first-order valence-electron chi connectivity index (χ1n) is 6.20. The maximum absolute atomic E-state index is 12.3. The Kier molecular flexibility index (Phi) is 2.90. The van der Waals surface area contributed by atoms with Crippen LogP contribution in [0.3, 0.4) is 0 Å². The summed E-state index contributed by atoms with van der Waals surface area (Å²) in [6.07, 6.45) is 1.66. The second kappa shape index (κ2) is 4.73. The minimum Gasteiger partial charge on any atom is -0.371 e. The van der Waals surface area contributed by atoms with Crippen molar-refractivity contribution in [1.29, 1.82) is 0 Å². The standard InChI is InChI=1S/C14H13N5O/c1-9-8-16-11-12(15-2)18-14(20)19(13(11)17-9)10-6-4-3-5-7-10/h3-8H,1-2H3,(H,15,18,20). The number of hydrogen-bond acceptors (Lipinski definition) is 5. The fraction of sp³-hybridized carbons (Fsp3) is 0.143. The Morgan fingerprint density at radius 1 is 1.15 bits per heavy atom. The van der Waals surface area contributed by atoms with Gasteiger partial charge < -0.3 is 5.32 Å². The molecule has 0 amide bonds. The number of anilines is 1. The third kappa shape index (κ3) is 1.91. The zero-order valence-corrected chi connectivity index (χ0v) is 11.2. The predicted molar refractivity (Wildman–Crippen MR) is 77.2 cm³/mol. The number of para-hydroxylation sites is 1. The van der Waals surface area contributed by atoms with Gasteiger partial charge in [0.25, 0.3) is 0 Å². The summed E-state index contributed by atoms with van der Waals surface area (Å²) in [6.45, 7) is 1.84. The molecule has 0 aliphatic rings. The number of fused-ring (bicyclic) bond motifs is 1. The number of nitrogens with one attached hydrogen (secondary N) is 1. The third-order valence-electron chi connectivity index (χ3n) is 2.96. The average molecular weight is 267 g/mol. The Hall–Kier alpha value is -2.76. The normalized spacial score (nSPS) is 10.7. The molecule has 1 N–H and O–H groups in total. The summed E-state index contributed by atoms with van der Waals surface area (Å²) in [4.78, 5) is 25.1. The van der Waals surface area contributed by atoms with Gasteiger partial charge in [0.1, 0.15) is 5.52 Å². The van der Waals surface area contributed by atoms with Crippen molar-refractivity contribution in [2.24, 2.45) is 0 Å². The molecule has 0 aliphatic heterocycles. The van der Waals surface area contributed by atoms with Gasteiger partial charge in [-0.25, -0.2) is 19.3 Å². The molecule has 3 aromatic rings. The highest BCUT2D eigenvalue weighted by Gasteiger charge is 2.13. The van der Waals surface area contributed by atoms with Gasteiger partial charge in [-0.3, -0.25) is 0 Å². The number of benzene rings is 1. The van der Waals surface area contributed by atoms with E-state index in [-0.39, 0.29) is 5.69 Å². The van der Waals surface area contributed by atoms with E-state index in [2.05, 4.69) is 20.3 Å². The van der Waals surface area contributed by atoms with Crippen LogP contribution in [0.5, 0.6) is 0 Å². The molecule has 3 rings (SSSR count). The topological polar surface area (TPSA) is 72.7 Å². The zero-order valence-electron chi connectivity index (χ0n) is 11.2. The lowest BCUT2D eigenvalue weighted by Gasteiger charge is -2.11. The molecule has 0 saturated carbocycles. The average Bonchev–Trinajstić information content (AvgIpc) is 2.47. The monoisotopic (exact) mass is 267 g/mol. The van der Waals surface area contributed by atoms with Gasteiger partial charge in [-0.15, -0.1) is 0 Å². The lowest BCUT2D eigenvalue weighted by atomic mass is 10.3. The van der Waals surface area contributed by atoms with Gasteiger partial charge in [-0.05, 0) is 19.1 Å². The molecular weight excluding hydrogens is 254 g/mol. The van der Waals surface area contributed by atoms with Crippen molar-refractivity contribution >= 4 is 17.0 Å². The number of aryl methyl sites for hydroxylation is 1. The largest absolute Gasteiger partial charge is 0.371 e. The van der Waals surface area contributed by atoms with E-state index in [1.165, 1.54) is 4.57 Å². The fourth-order valence-electron chi connectivity index (χ4n) is 2.06. The maximum atomic E-state index is 12.3. The van der Waals surface area contributed by atoms with Crippen LogP contribution in [-0.2, 0) is 0 Å². The molecule has 0 fully saturated rings. The second-order valence-corrected chi connectivity index (χ2v) is 4.35. The van der Waals surface area contributed by atoms with Crippen LogP contribution in [0.25, 0.3) is 16.9 Å². The first-order valence-corrected chi connectivity index (χ1v) is 6.20. The highest BCUT2D eigenvalue weighted by Crippen LogP contribution is 2.18. The Labute approximate surface area is 115 Å². The third-order valence-corrected chi connectivity index (χ3v) is 2.96. The summed E-state index contributed by atoms with van der Waals surface area (Å²) in [5.41, 5.74) is 2.16. The van der Waals surface area contributed by atoms with Crippen LogP contribution in [0.1, 0.15) is 5.69 Å². The van der Waals surface area contributed by atoms with Crippen molar-refractivity contribution in [3.05, 3.63) is 52.7 Å². The van der Waals surface area contributed by atoms with Gasteiger partial charge >= 0.3 is 5.69 Å². The van der Waals surface area contributed by atoms with E-state index in [1.54, 1.807) is 13.2 Å². The molecular formula is C14H13N5O. The molecule has 2 heterocycles. The number of nitrogens with zero attached hydrogens (tertiary/aromatic N) is 4. The predicted octanol–water partition coefficient (Wildman–Crippen LogP) is 1.53. The molecule has 0 saturated heterocycles. The van der Waals surface area contributed by atoms with Gasteiger partial charge in [-0.2, -0.15) is 4.98 Å². The zero-order chi connectivity index (χ0) is 14.1. The van der Waals surface area contributed by atoms with Crippen molar-refractivity contribution in [1.82, 2.24) is 19.5 Å². The Morgan fingerprint density at radius 3 is 2.60 bits per heavy atom. The van der Waals surface area contributed by atoms with Crippen LogP contribution < -0.4 is 11.0 Å². The molecule has 0 unspecified atom stereocenters. The minimum atomic E-state index is -0.382. The number of hydrogen-bond donors (Lipinski definition) is 1. The molecule has 100 valence electrons. The van der Waals surface area contributed by atoms with E-state index in [0.717, 1.165) is 11.4 Å². The SMILES string of the molecule is CNc1nc(=O)n(-c2ccccc2)c2nc(C)cnc12. The first kappa shape index (κ1) is 12.3. The van der Waals surface area contributed by atoms with Crippen molar-refractivity contribution in [3.63, 3.8) is 0 Å². The molecule has 0 aliphatic carbocycles. The van der Waals surface area contributed by atoms with Crippen LogP contribution in [0.2, 0.25) is 0 Å². The van der Waals surface area contributed by atoms with Gasteiger partial charge in [-0.1, -0.05) is 18.2 Å². The Balaban J connectivity index is 2.46. The summed E-state index contributed by atoms with van der Waals surface area (Å²) in [6, 6.07) is 9.30. The molecule has 2 aromatic heterocycles. The van der Waals surface area contributed by atoms with E-state index in [0.29, 0.717) is 17.0 Å². The lowest BCUT2D eigenvalue weighted by Crippen LogP contribution is -2.24. The van der Waals surface area contributed by atoms with E-state index in [9.17, 15) is 4.79 Å². The molecule has 0 bridgehead atoms. The Morgan fingerprint density at radius 2 is 1.90 bits per heavy atom. The molecule has 0 radical (unpaired) electrons. The fourth-order valence-corrected chi connectivity index (χ4v) is 2.06. The van der Waals surface area contributed by atoms with Crippen molar-refractivity contribution < 1.29 is 0 Å². The highest BCUT2D eigenvalue weighted by atomic mass is 16.1. The van der Waals surface area contributed by atoms with E-state index in [1.807, 2.05) is 37.3 Å². The molecule has 0 spiro atoms. The molecule has 0 atom stereocenters. The van der Waals surface area contributed by atoms with Crippen molar-refractivity contribution in [2.75, 3.05) is 12.4 Å². The van der Waals surface area contributed by atoms with Crippen LogP contribution in [0, 0.1) is 6.92 Å². The first-order chi connectivity index (χ1) is 9.70. The minimum absolute atomic E-state index is 0.382. The van der Waals surface area contributed by atoms with Crippen LogP contribution in [0.15, 0.2) is 41.3 Å². The maximum Gasteiger partial charge on any atom is 0.355 e. The van der Waals surface area contributed by atoms with Crippen molar-refractivity contribution in [3.8, 4) is 5.69 Å². The lowest BCUT2D eigenvalue weighted by molar-refractivity contribution is 0.928. The van der Waals surface area contributed by atoms with Gasteiger partial charge in [0.2, 0.25) is 0 Å². The van der Waals surface area contributed by atoms with E-state index < -0.39 is 0 Å².